The number of benzene rings is 2. The fraction of sp³-hybridized carbons (Fsp3) is 0.350. The van der Waals surface area contributed by atoms with E-state index in [1.165, 1.54) is 31.4 Å². The Morgan fingerprint density at radius 2 is 1.67 bits per heavy atom. The number of piperidine rings is 1. The first kappa shape index (κ1) is 19.1. The van der Waals surface area contributed by atoms with Crippen molar-refractivity contribution >= 4 is 23.0 Å². The Kier molecular flexibility index (Phi) is 5.88. The molecule has 2 aromatic carbocycles. The van der Waals surface area contributed by atoms with Gasteiger partial charge in [-0.25, -0.2) is 0 Å². The lowest BCUT2D eigenvalue weighted by Crippen LogP contribution is -2.29. The Balaban J connectivity index is 1.52. The van der Waals surface area contributed by atoms with Crippen LogP contribution in [0.4, 0.5) is 30.2 Å². The fourth-order valence-electron chi connectivity index (χ4n) is 3.10. The monoisotopic (exact) mass is 377 g/mol. The van der Waals surface area contributed by atoms with Gasteiger partial charge in [0.25, 0.3) is 0 Å². The zero-order valence-corrected chi connectivity index (χ0v) is 14.9. The molecule has 1 heterocycles. The van der Waals surface area contributed by atoms with E-state index in [0.717, 1.165) is 30.9 Å². The molecule has 0 radical (unpaired) electrons. The number of rotatable bonds is 5. The molecule has 1 saturated heterocycles. The van der Waals surface area contributed by atoms with Gasteiger partial charge in [-0.1, -0.05) is 6.07 Å². The van der Waals surface area contributed by atoms with Gasteiger partial charge in [0.2, 0.25) is 5.91 Å². The quantitative estimate of drug-likeness (QED) is 0.791. The van der Waals surface area contributed by atoms with Crippen molar-refractivity contribution in [2.45, 2.75) is 25.4 Å². The number of nitrogens with one attached hydrogen (secondary N) is 2. The first-order valence-corrected chi connectivity index (χ1v) is 8.98. The van der Waals surface area contributed by atoms with Crippen LogP contribution < -0.4 is 15.5 Å². The van der Waals surface area contributed by atoms with Crippen molar-refractivity contribution in [1.82, 2.24) is 0 Å². The highest BCUT2D eigenvalue weighted by Gasteiger charge is 2.30. The second-order valence-corrected chi connectivity index (χ2v) is 6.57. The number of halogens is 3. The predicted octanol–water partition coefficient (Wildman–Crippen LogP) is 4.75. The third-order valence-corrected chi connectivity index (χ3v) is 4.52. The Morgan fingerprint density at radius 3 is 2.33 bits per heavy atom. The third kappa shape index (κ3) is 5.39. The Morgan fingerprint density at radius 1 is 0.963 bits per heavy atom. The number of hydrogen-bond acceptors (Lipinski definition) is 3. The van der Waals surface area contributed by atoms with Crippen molar-refractivity contribution in [1.29, 1.82) is 0 Å². The van der Waals surface area contributed by atoms with Crippen LogP contribution in [-0.4, -0.2) is 25.5 Å². The lowest BCUT2D eigenvalue weighted by molar-refractivity contribution is -0.137. The first-order chi connectivity index (χ1) is 12.9. The van der Waals surface area contributed by atoms with E-state index in [9.17, 15) is 18.0 Å². The van der Waals surface area contributed by atoms with Crippen molar-refractivity contribution in [3.05, 3.63) is 54.1 Å². The average Bonchev–Trinajstić information content (AvgIpc) is 2.67. The normalized spacial score (nSPS) is 14.7. The maximum atomic E-state index is 12.7. The van der Waals surface area contributed by atoms with Crippen LogP contribution in [0.2, 0.25) is 0 Å². The molecule has 1 aliphatic heterocycles. The van der Waals surface area contributed by atoms with Crippen molar-refractivity contribution < 1.29 is 18.0 Å². The third-order valence-electron chi connectivity index (χ3n) is 4.52. The number of alkyl halides is 3. The zero-order valence-electron chi connectivity index (χ0n) is 14.9. The van der Waals surface area contributed by atoms with Crippen LogP contribution in [-0.2, 0) is 11.0 Å². The molecule has 2 aromatic rings. The van der Waals surface area contributed by atoms with E-state index in [2.05, 4.69) is 15.5 Å². The molecule has 1 aliphatic rings. The molecule has 0 saturated carbocycles. The Hall–Kier alpha value is -2.70. The van der Waals surface area contributed by atoms with Gasteiger partial charge in [0.05, 0.1) is 12.1 Å². The number of carbonyl (C=O) groups excluding carboxylic acids is 1. The maximum Gasteiger partial charge on any atom is 0.416 e. The molecule has 3 rings (SSSR count). The molecule has 0 aromatic heterocycles. The van der Waals surface area contributed by atoms with E-state index in [1.54, 1.807) is 0 Å². The molecule has 0 aliphatic carbocycles. The van der Waals surface area contributed by atoms with Gasteiger partial charge in [-0.05, 0) is 61.7 Å². The molecule has 0 bridgehead atoms. The summed E-state index contributed by atoms with van der Waals surface area (Å²) in [5, 5.41) is 5.46. The molecular weight excluding hydrogens is 355 g/mol. The van der Waals surface area contributed by atoms with Gasteiger partial charge in [0, 0.05) is 30.2 Å². The standard InChI is InChI=1S/C20H22F3N3O/c21-20(22,23)15-5-4-6-17(13-15)24-14-19(27)25-16-7-9-18(10-8-16)26-11-2-1-3-12-26/h4-10,13,24H,1-3,11-12,14H2,(H,25,27). The number of amides is 1. The van der Waals surface area contributed by atoms with Crippen molar-refractivity contribution in [2.24, 2.45) is 0 Å². The summed E-state index contributed by atoms with van der Waals surface area (Å²) in [6.45, 7) is 1.98. The van der Waals surface area contributed by atoms with Crippen LogP contribution in [0.1, 0.15) is 24.8 Å². The highest BCUT2D eigenvalue weighted by molar-refractivity contribution is 5.93. The highest BCUT2D eigenvalue weighted by atomic mass is 19.4. The van der Waals surface area contributed by atoms with Gasteiger partial charge >= 0.3 is 6.18 Å². The molecule has 1 amide bonds. The smallest absolute Gasteiger partial charge is 0.376 e. The van der Waals surface area contributed by atoms with Crippen LogP contribution in [0.15, 0.2) is 48.5 Å². The lowest BCUT2D eigenvalue weighted by Gasteiger charge is -2.28. The summed E-state index contributed by atoms with van der Waals surface area (Å²) >= 11 is 0. The summed E-state index contributed by atoms with van der Waals surface area (Å²) in [5.41, 5.74) is 1.29. The van der Waals surface area contributed by atoms with Crippen LogP contribution in [0.5, 0.6) is 0 Å². The van der Waals surface area contributed by atoms with Crippen molar-refractivity contribution in [3.8, 4) is 0 Å². The van der Waals surface area contributed by atoms with E-state index >= 15 is 0 Å². The second-order valence-electron chi connectivity index (χ2n) is 6.57. The first-order valence-electron chi connectivity index (χ1n) is 8.98. The molecule has 0 spiro atoms. The van der Waals surface area contributed by atoms with E-state index in [0.29, 0.717) is 5.69 Å². The number of carbonyl (C=O) groups is 1. The van der Waals surface area contributed by atoms with Gasteiger partial charge in [-0.15, -0.1) is 0 Å². The molecule has 1 fully saturated rings. The topological polar surface area (TPSA) is 44.4 Å². The van der Waals surface area contributed by atoms with Gasteiger partial charge in [-0.3, -0.25) is 4.79 Å². The molecular formula is C20H22F3N3O. The van der Waals surface area contributed by atoms with Gasteiger partial charge in [-0.2, -0.15) is 13.2 Å². The number of nitrogens with zero attached hydrogens (tertiary/aromatic N) is 1. The van der Waals surface area contributed by atoms with E-state index in [-0.39, 0.29) is 18.1 Å². The Labute approximate surface area is 156 Å². The van der Waals surface area contributed by atoms with Gasteiger partial charge in [0.15, 0.2) is 0 Å². The van der Waals surface area contributed by atoms with E-state index in [4.69, 9.17) is 0 Å². The van der Waals surface area contributed by atoms with Gasteiger partial charge < -0.3 is 15.5 Å². The SMILES string of the molecule is O=C(CNc1cccc(C(F)(F)F)c1)Nc1ccc(N2CCCCC2)cc1. The molecule has 0 unspecified atom stereocenters. The number of hydrogen-bond donors (Lipinski definition) is 2. The summed E-state index contributed by atoms with van der Waals surface area (Å²) in [6.07, 6.45) is -0.751. The lowest BCUT2D eigenvalue weighted by atomic mass is 10.1. The van der Waals surface area contributed by atoms with E-state index in [1.807, 2.05) is 24.3 Å². The minimum Gasteiger partial charge on any atom is -0.376 e. The van der Waals surface area contributed by atoms with Crippen LogP contribution in [0.25, 0.3) is 0 Å². The largest absolute Gasteiger partial charge is 0.416 e. The van der Waals surface area contributed by atoms with Gasteiger partial charge in [0.1, 0.15) is 0 Å². The van der Waals surface area contributed by atoms with Crippen molar-refractivity contribution in [3.63, 3.8) is 0 Å². The predicted molar refractivity (Wildman–Crippen MR) is 101 cm³/mol. The summed E-state index contributed by atoms with van der Waals surface area (Å²) in [5.74, 6) is -0.321. The molecule has 27 heavy (non-hydrogen) atoms. The fourth-order valence-corrected chi connectivity index (χ4v) is 3.10. The van der Waals surface area contributed by atoms with Crippen LogP contribution in [0, 0.1) is 0 Å². The molecule has 7 heteroatoms. The molecule has 2 N–H and O–H groups in total. The van der Waals surface area contributed by atoms with Crippen LogP contribution >= 0.6 is 0 Å². The average molecular weight is 377 g/mol. The molecule has 4 nitrogen and oxygen atoms in total. The summed E-state index contributed by atoms with van der Waals surface area (Å²) in [4.78, 5) is 14.4. The summed E-state index contributed by atoms with van der Waals surface area (Å²) in [6, 6.07) is 12.4. The van der Waals surface area contributed by atoms with E-state index < -0.39 is 11.7 Å². The highest BCUT2D eigenvalue weighted by Crippen LogP contribution is 2.30. The summed E-state index contributed by atoms with van der Waals surface area (Å²) in [7, 11) is 0. The summed E-state index contributed by atoms with van der Waals surface area (Å²) < 4.78 is 38.1. The van der Waals surface area contributed by atoms with Crippen molar-refractivity contribution in [2.75, 3.05) is 35.2 Å². The number of anilines is 3. The minimum atomic E-state index is -4.41. The second kappa shape index (κ2) is 8.33. The minimum absolute atomic E-state index is 0.116. The van der Waals surface area contributed by atoms with Crippen LogP contribution in [0.3, 0.4) is 0 Å². The zero-order chi connectivity index (χ0) is 19.3. The molecule has 144 valence electrons. The molecule has 0 atom stereocenters. The Bertz CT molecular complexity index is 769. The maximum absolute atomic E-state index is 12.7.